The molecule has 0 amide bonds. The summed E-state index contributed by atoms with van der Waals surface area (Å²) in [5.74, 6) is 0. The molecule has 0 fully saturated rings. The molecule has 0 aliphatic heterocycles. The van der Waals surface area contributed by atoms with Crippen LogP contribution in [-0.4, -0.2) is 7.05 Å². The fourth-order valence-electron chi connectivity index (χ4n) is 2.39. The molecular weight excluding hydrogens is 238 g/mol. The number of hydrogen-bond donors (Lipinski definition) is 1. The van der Waals surface area contributed by atoms with E-state index in [2.05, 4.69) is 57.3 Å². The third-order valence-corrected chi connectivity index (χ3v) is 4.55. The van der Waals surface area contributed by atoms with Crippen molar-refractivity contribution in [3.63, 3.8) is 0 Å². The SMILES string of the molecule is CNC(c1cc(C)cc(C)c1)c1cc(C)c(C)s1. The van der Waals surface area contributed by atoms with Crippen molar-refractivity contribution in [2.45, 2.75) is 33.7 Å². The molecule has 0 saturated carbocycles. The minimum absolute atomic E-state index is 0.306. The summed E-state index contributed by atoms with van der Waals surface area (Å²) >= 11 is 1.89. The molecule has 1 nitrogen and oxygen atoms in total. The van der Waals surface area contributed by atoms with Gasteiger partial charge in [-0.25, -0.2) is 0 Å². The van der Waals surface area contributed by atoms with E-state index in [1.54, 1.807) is 0 Å². The summed E-state index contributed by atoms with van der Waals surface area (Å²) in [5.41, 5.74) is 5.40. The molecule has 0 radical (unpaired) electrons. The zero-order valence-electron chi connectivity index (χ0n) is 11.8. The highest BCUT2D eigenvalue weighted by Crippen LogP contribution is 2.31. The highest BCUT2D eigenvalue weighted by molar-refractivity contribution is 7.12. The highest BCUT2D eigenvalue weighted by Gasteiger charge is 2.15. The Morgan fingerprint density at radius 1 is 0.944 bits per heavy atom. The Bertz CT molecular complexity index is 514. The molecule has 0 saturated heterocycles. The monoisotopic (exact) mass is 259 g/mol. The molecule has 18 heavy (non-hydrogen) atoms. The summed E-state index contributed by atoms with van der Waals surface area (Å²) in [7, 11) is 2.03. The summed E-state index contributed by atoms with van der Waals surface area (Å²) in [4.78, 5) is 2.81. The standard InChI is InChI=1S/C16H21NS/c1-10-6-11(2)8-14(7-10)16(17-5)15-9-12(3)13(4)18-15/h6-9,16-17H,1-5H3. The minimum atomic E-state index is 0.306. The lowest BCUT2D eigenvalue weighted by atomic mass is 10.00. The van der Waals surface area contributed by atoms with Crippen molar-refractivity contribution in [3.8, 4) is 0 Å². The van der Waals surface area contributed by atoms with Crippen LogP contribution in [0.2, 0.25) is 0 Å². The van der Waals surface area contributed by atoms with E-state index in [0.29, 0.717) is 6.04 Å². The second-order valence-corrected chi connectivity index (χ2v) is 6.32. The van der Waals surface area contributed by atoms with E-state index in [1.807, 2.05) is 18.4 Å². The molecule has 0 aliphatic carbocycles. The van der Waals surface area contributed by atoms with Crippen LogP contribution in [-0.2, 0) is 0 Å². The lowest BCUT2D eigenvalue weighted by molar-refractivity contribution is 0.702. The van der Waals surface area contributed by atoms with Gasteiger partial charge in [0.15, 0.2) is 0 Å². The van der Waals surface area contributed by atoms with Gasteiger partial charge in [-0.05, 0) is 51.9 Å². The third kappa shape index (κ3) is 2.65. The number of rotatable bonds is 3. The highest BCUT2D eigenvalue weighted by atomic mass is 32.1. The Hall–Kier alpha value is -1.12. The summed E-state index contributed by atoms with van der Waals surface area (Å²) in [6, 6.07) is 9.39. The molecule has 1 unspecified atom stereocenters. The second-order valence-electron chi connectivity index (χ2n) is 5.03. The largest absolute Gasteiger partial charge is 0.309 e. The Morgan fingerprint density at radius 3 is 2.00 bits per heavy atom. The Balaban J connectivity index is 2.44. The fourth-order valence-corrected chi connectivity index (χ4v) is 3.57. The fraction of sp³-hybridized carbons (Fsp3) is 0.375. The molecule has 96 valence electrons. The molecular formula is C16H21NS. The molecule has 0 bridgehead atoms. The van der Waals surface area contributed by atoms with Gasteiger partial charge in [0.1, 0.15) is 0 Å². The van der Waals surface area contributed by atoms with Crippen LogP contribution in [0.25, 0.3) is 0 Å². The van der Waals surface area contributed by atoms with Gasteiger partial charge in [-0.3, -0.25) is 0 Å². The number of hydrogen-bond acceptors (Lipinski definition) is 2. The van der Waals surface area contributed by atoms with Crippen LogP contribution in [0, 0.1) is 27.7 Å². The first kappa shape index (κ1) is 13.3. The van der Waals surface area contributed by atoms with E-state index in [1.165, 1.54) is 32.0 Å². The van der Waals surface area contributed by atoms with Crippen molar-refractivity contribution in [2.24, 2.45) is 0 Å². The number of thiophene rings is 1. The molecule has 1 aromatic heterocycles. The number of benzene rings is 1. The Morgan fingerprint density at radius 2 is 1.56 bits per heavy atom. The van der Waals surface area contributed by atoms with E-state index < -0.39 is 0 Å². The van der Waals surface area contributed by atoms with E-state index in [4.69, 9.17) is 0 Å². The molecule has 1 atom stereocenters. The molecule has 0 spiro atoms. The lowest BCUT2D eigenvalue weighted by Gasteiger charge is -2.16. The third-order valence-electron chi connectivity index (χ3n) is 3.34. The van der Waals surface area contributed by atoms with Crippen LogP contribution in [0.3, 0.4) is 0 Å². The Kier molecular flexibility index (Phi) is 3.88. The summed E-state index contributed by atoms with van der Waals surface area (Å²) in [6.45, 7) is 8.70. The van der Waals surface area contributed by atoms with Gasteiger partial charge in [0, 0.05) is 9.75 Å². The molecule has 1 N–H and O–H groups in total. The van der Waals surface area contributed by atoms with Gasteiger partial charge in [-0.1, -0.05) is 29.3 Å². The van der Waals surface area contributed by atoms with Gasteiger partial charge in [-0.2, -0.15) is 0 Å². The minimum Gasteiger partial charge on any atom is -0.309 e. The van der Waals surface area contributed by atoms with Gasteiger partial charge >= 0.3 is 0 Å². The van der Waals surface area contributed by atoms with Crippen LogP contribution >= 0.6 is 11.3 Å². The van der Waals surface area contributed by atoms with Crippen LogP contribution in [0.5, 0.6) is 0 Å². The zero-order valence-corrected chi connectivity index (χ0v) is 12.6. The van der Waals surface area contributed by atoms with Crippen LogP contribution in [0.15, 0.2) is 24.3 Å². The second kappa shape index (κ2) is 5.25. The van der Waals surface area contributed by atoms with Crippen molar-refractivity contribution in [2.75, 3.05) is 7.05 Å². The van der Waals surface area contributed by atoms with E-state index in [9.17, 15) is 0 Å². The normalized spacial score (nSPS) is 12.7. The molecule has 1 aromatic carbocycles. The lowest BCUT2D eigenvalue weighted by Crippen LogP contribution is -2.16. The van der Waals surface area contributed by atoms with Crippen molar-refractivity contribution >= 4 is 11.3 Å². The topological polar surface area (TPSA) is 12.0 Å². The molecule has 2 rings (SSSR count). The summed E-state index contributed by atoms with van der Waals surface area (Å²) in [6.07, 6.45) is 0. The number of aryl methyl sites for hydroxylation is 4. The van der Waals surface area contributed by atoms with Gasteiger partial charge in [0.25, 0.3) is 0 Å². The average molecular weight is 259 g/mol. The quantitative estimate of drug-likeness (QED) is 0.867. The first-order valence-electron chi connectivity index (χ1n) is 6.33. The first-order chi connectivity index (χ1) is 8.51. The van der Waals surface area contributed by atoms with Crippen LogP contribution in [0.1, 0.15) is 38.0 Å². The average Bonchev–Trinajstić information content (AvgIpc) is 2.58. The molecule has 0 aliphatic rings. The predicted octanol–water partition coefficient (Wildman–Crippen LogP) is 4.29. The molecule has 2 aromatic rings. The van der Waals surface area contributed by atoms with Crippen molar-refractivity contribution in [3.05, 3.63) is 56.3 Å². The van der Waals surface area contributed by atoms with Gasteiger partial charge < -0.3 is 5.32 Å². The van der Waals surface area contributed by atoms with Crippen molar-refractivity contribution in [1.29, 1.82) is 0 Å². The molecule has 1 heterocycles. The van der Waals surface area contributed by atoms with Crippen molar-refractivity contribution in [1.82, 2.24) is 5.32 Å². The van der Waals surface area contributed by atoms with Gasteiger partial charge in [-0.15, -0.1) is 11.3 Å². The van der Waals surface area contributed by atoms with Crippen LogP contribution in [0.4, 0.5) is 0 Å². The Labute approximate surface area is 114 Å². The van der Waals surface area contributed by atoms with Gasteiger partial charge in [0.2, 0.25) is 0 Å². The number of nitrogens with one attached hydrogen (secondary N) is 1. The van der Waals surface area contributed by atoms with E-state index >= 15 is 0 Å². The van der Waals surface area contributed by atoms with Gasteiger partial charge in [0.05, 0.1) is 6.04 Å². The smallest absolute Gasteiger partial charge is 0.0669 e. The first-order valence-corrected chi connectivity index (χ1v) is 7.15. The maximum atomic E-state index is 3.44. The van der Waals surface area contributed by atoms with E-state index in [-0.39, 0.29) is 0 Å². The summed E-state index contributed by atoms with van der Waals surface area (Å²) < 4.78 is 0. The predicted molar refractivity (Wildman–Crippen MR) is 80.6 cm³/mol. The van der Waals surface area contributed by atoms with Crippen LogP contribution < -0.4 is 5.32 Å². The zero-order chi connectivity index (χ0) is 13.3. The maximum Gasteiger partial charge on any atom is 0.0669 e. The van der Waals surface area contributed by atoms with E-state index in [0.717, 1.165) is 0 Å². The molecule has 2 heteroatoms. The van der Waals surface area contributed by atoms with Crippen molar-refractivity contribution < 1.29 is 0 Å². The summed E-state index contributed by atoms with van der Waals surface area (Å²) in [5, 5.41) is 3.44. The maximum absolute atomic E-state index is 3.44.